The number of aryl methyl sites for hydroxylation is 2. The van der Waals surface area contributed by atoms with E-state index in [1.807, 2.05) is 13.8 Å². The van der Waals surface area contributed by atoms with E-state index in [9.17, 15) is 0 Å². The average Bonchev–Trinajstić information content (AvgIpc) is 2.12. The molecule has 1 aromatic rings. The highest BCUT2D eigenvalue weighted by Crippen LogP contribution is 2.04. The lowest BCUT2D eigenvalue weighted by Gasteiger charge is -2.04. The molecule has 68 valence electrons. The van der Waals surface area contributed by atoms with Crippen LogP contribution in [-0.2, 0) is 0 Å². The molecule has 1 heterocycles. The Bertz CT molecular complexity index is 325. The molecule has 1 N–H and O–H groups in total. The molecule has 0 aromatic carbocycles. The van der Waals surface area contributed by atoms with Gasteiger partial charge in [-0.15, -0.1) is 12.3 Å². The van der Waals surface area contributed by atoms with Gasteiger partial charge >= 0.3 is 0 Å². The van der Waals surface area contributed by atoms with Crippen LogP contribution in [0.25, 0.3) is 0 Å². The number of nitrogens with zero attached hydrogens (tertiary/aromatic N) is 2. The van der Waals surface area contributed by atoms with Crippen molar-refractivity contribution in [2.45, 2.75) is 20.3 Å². The van der Waals surface area contributed by atoms with Crippen LogP contribution in [0.5, 0.6) is 0 Å². The van der Waals surface area contributed by atoms with Crippen LogP contribution in [0.2, 0.25) is 0 Å². The zero-order valence-electron chi connectivity index (χ0n) is 7.96. The Labute approximate surface area is 78.6 Å². The summed E-state index contributed by atoms with van der Waals surface area (Å²) in [6.07, 6.45) is 7.54. The number of terminal acetylenes is 1. The van der Waals surface area contributed by atoms with Crippen LogP contribution in [0, 0.1) is 26.2 Å². The van der Waals surface area contributed by atoms with Crippen LogP contribution < -0.4 is 5.32 Å². The Morgan fingerprint density at radius 1 is 1.46 bits per heavy atom. The van der Waals surface area contributed by atoms with E-state index in [-0.39, 0.29) is 0 Å². The van der Waals surface area contributed by atoms with Gasteiger partial charge in [-0.2, -0.15) is 0 Å². The summed E-state index contributed by atoms with van der Waals surface area (Å²) >= 11 is 0. The van der Waals surface area contributed by atoms with Crippen molar-refractivity contribution < 1.29 is 0 Å². The SMILES string of the molecule is C#CCCNc1cnc(C)c(C)n1. The summed E-state index contributed by atoms with van der Waals surface area (Å²) in [6.45, 7) is 4.62. The Hall–Kier alpha value is -1.56. The van der Waals surface area contributed by atoms with Crippen molar-refractivity contribution >= 4 is 5.82 Å². The van der Waals surface area contributed by atoms with E-state index in [0.717, 1.165) is 23.8 Å². The van der Waals surface area contributed by atoms with E-state index >= 15 is 0 Å². The fourth-order valence-corrected chi connectivity index (χ4v) is 0.890. The predicted molar refractivity (Wildman–Crippen MR) is 53.4 cm³/mol. The normalized spacial score (nSPS) is 9.31. The van der Waals surface area contributed by atoms with E-state index in [1.54, 1.807) is 6.20 Å². The summed E-state index contributed by atoms with van der Waals surface area (Å²) in [6, 6.07) is 0. The lowest BCUT2D eigenvalue weighted by Crippen LogP contribution is -2.04. The van der Waals surface area contributed by atoms with Crippen molar-refractivity contribution in [2.24, 2.45) is 0 Å². The highest BCUT2D eigenvalue weighted by molar-refractivity contribution is 5.33. The summed E-state index contributed by atoms with van der Waals surface area (Å²) in [5.74, 6) is 3.34. The monoisotopic (exact) mass is 175 g/mol. The zero-order chi connectivity index (χ0) is 9.68. The minimum Gasteiger partial charge on any atom is -0.368 e. The molecule has 0 radical (unpaired) electrons. The molecule has 1 aromatic heterocycles. The molecule has 0 aliphatic heterocycles. The molecule has 0 spiro atoms. The molecule has 0 bridgehead atoms. The summed E-state index contributed by atoms with van der Waals surface area (Å²) in [7, 11) is 0. The van der Waals surface area contributed by atoms with Gasteiger partial charge in [-0.05, 0) is 13.8 Å². The van der Waals surface area contributed by atoms with Crippen molar-refractivity contribution in [1.29, 1.82) is 0 Å². The van der Waals surface area contributed by atoms with Crippen molar-refractivity contribution in [2.75, 3.05) is 11.9 Å². The fraction of sp³-hybridized carbons (Fsp3) is 0.400. The van der Waals surface area contributed by atoms with Crippen molar-refractivity contribution in [3.8, 4) is 12.3 Å². The maximum Gasteiger partial charge on any atom is 0.144 e. The van der Waals surface area contributed by atoms with Gasteiger partial charge in [0.25, 0.3) is 0 Å². The molecular weight excluding hydrogens is 162 g/mol. The average molecular weight is 175 g/mol. The van der Waals surface area contributed by atoms with E-state index in [0.29, 0.717) is 6.42 Å². The molecule has 0 amide bonds. The molecule has 3 nitrogen and oxygen atoms in total. The first kappa shape index (κ1) is 9.53. The van der Waals surface area contributed by atoms with E-state index in [1.165, 1.54) is 0 Å². The first-order chi connectivity index (χ1) is 6.24. The van der Waals surface area contributed by atoms with E-state index in [4.69, 9.17) is 6.42 Å². The highest BCUT2D eigenvalue weighted by atomic mass is 15.0. The topological polar surface area (TPSA) is 37.8 Å². The lowest BCUT2D eigenvalue weighted by molar-refractivity contribution is 1.01. The molecule has 3 heteroatoms. The number of nitrogens with one attached hydrogen (secondary N) is 1. The van der Waals surface area contributed by atoms with Crippen molar-refractivity contribution in [3.63, 3.8) is 0 Å². The summed E-state index contributed by atoms with van der Waals surface area (Å²) < 4.78 is 0. The van der Waals surface area contributed by atoms with E-state index in [2.05, 4.69) is 21.2 Å². The third-order valence-corrected chi connectivity index (χ3v) is 1.77. The number of aromatic nitrogens is 2. The second-order valence-electron chi connectivity index (χ2n) is 2.81. The molecule has 0 unspecified atom stereocenters. The Morgan fingerprint density at radius 3 is 2.85 bits per heavy atom. The minimum atomic E-state index is 0.703. The second-order valence-corrected chi connectivity index (χ2v) is 2.81. The summed E-state index contributed by atoms with van der Waals surface area (Å²) in [5.41, 5.74) is 1.91. The van der Waals surface area contributed by atoms with Gasteiger partial charge in [0.15, 0.2) is 0 Å². The van der Waals surface area contributed by atoms with Gasteiger partial charge in [0.2, 0.25) is 0 Å². The number of anilines is 1. The quantitative estimate of drug-likeness (QED) is 0.559. The molecule has 0 saturated carbocycles. The molecule has 1 rings (SSSR count). The molecule has 0 aliphatic carbocycles. The standard InChI is InChI=1S/C10H13N3/c1-4-5-6-11-10-7-12-8(2)9(3)13-10/h1,7H,5-6H2,2-3H3,(H,11,13). The van der Waals surface area contributed by atoms with Crippen LogP contribution >= 0.6 is 0 Å². The van der Waals surface area contributed by atoms with Gasteiger partial charge in [-0.25, -0.2) is 4.98 Å². The first-order valence-electron chi connectivity index (χ1n) is 4.21. The molecule has 0 aliphatic rings. The van der Waals surface area contributed by atoms with Gasteiger partial charge in [0.1, 0.15) is 5.82 Å². The second kappa shape index (κ2) is 4.46. The van der Waals surface area contributed by atoms with E-state index < -0.39 is 0 Å². The van der Waals surface area contributed by atoms with Gasteiger partial charge < -0.3 is 5.32 Å². The number of hydrogen-bond acceptors (Lipinski definition) is 3. The van der Waals surface area contributed by atoms with Crippen LogP contribution in [-0.4, -0.2) is 16.5 Å². The largest absolute Gasteiger partial charge is 0.368 e. The third kappa shape index (κ3) is 2.75. The van der Waals surface area contributed by atoms with Crippen LogP contribution in [0.1, 0.15) is 17.8 Å². The smallest absolute Gasteiger partial charge is 0.144 e. The van der Waals surface area contributed by atoms with Gasteiger partial charge in [-0.1, -0.05) is 0 Å². The maximum absolute atomic E-state index is 5.12. The summed E-state index contributed by atoms with van der Waals surface area (Å²) in [4.78, 5) is 8.48. The van der Waals surface area contributed by atoms with Gasteiger partial charge in [0.05, 0.1) is 17.6 Å². The summed E-state index contributed by atoms with van der Waals surface area (Å²) in [5, 5.41) is 3.10. The van der Waals surface area contributed by atoms with Crippen LogP contribution in [0.3, 0.4) is 0 Å². The molecule has 0 saturated heterocycles. The van der Waals surface area contributed by atoms with Crippen molar-refractivity contribution in [3.05, 3.63) is 17.6 Å². The number of hydrogen-bond donors (Lipinski definition) is 1. The van der Waals surface area contributed by atoms with Gasteiger partial charge in [-0.3, -0.25) is 4.98 Å². The molecule has 13 heavy (non-hydrogen) atoms. The fourth-order valence-electron chi connectivity index (χ4n) is 0.890. The lowest BCUT2D eigenvalue weighted by atomic mass is 10.3. The minimum absolute atomic E-state index is 0.703. The molecular formula is C10H13N3. The molecule has 0 atom stereocenters. The highest BCUT2D eigenvalue weighted by Gasteiger charge is 1.97. The van der Waals surface area contributed by atoms with Crippen LogP contribution in [0.4, 0.5) is 5.82 Å². The Balaban J connectivity index is 2.59. The maximum atomic E-state index is 5.12. The van der Waals surface area contributed by atoms with Crippen molar-refractivity contribution in [1.82, 2.24) is 9.97 Å². The number of rotatable bonds is 3. The Kier molecular flexibility index (Phi) is 3.27. The van der Waals surface area contributed by atoms with Gasteiger partial charge in [0, 0.05) is 13.0 Å². The predicted octanol–water partition coefficient (Wildman–Crippen LogP) is 1.53. The third-order valence-electron chi connectivity index (χ3n) is 1.77. The van der Waals surface area contributed by atoms with Crippen LogP contribution in [0.15, 0.2) is 6.20 Å². The molecule has 0 fully saturated rings. The first-order valence-corrected chi connectivity index (χ1v) is 4.21. The zero-order valence-corrected chi connectivity index (χ0v) is 7.96. The Morgan fingerprint density at radius 2 is 2.23 bits per heavy atom.